The number of aromatic nitrogens is 2. The lowest BCUT2D eigenvalue weighted by atomic mass is 10.0. The zero-order chi connectivity index (χ0) is 11.4. The lowest BCUT2D eigenvalue weighted by molar-refractivity contribution is 0.283. The van der Waals surface area contributed by atoms with E-state index in [1.54, 1.807) is 4.68 Å². The van der Waals surface area contributed by atoms with Crippen LogP contribution in [0.5, 0.6) is 5.75 Å². The predicted molar refractivity (Wildman–Crippen MR) is 62.3 cm³/mol. The molecule has 1 aromatic heterocycles. The normalized spacial score (nSPS) is 18.9. The monoisotopic (exact) mass is 284 g/mol. The van der Waals surface area contributed by atoms with Crippen LogP contribution in [0.2, 0.25) is 0 Å². The molecule has 0 N–H and O–H groups in total. The quantitative estimate of drug-likeness (QED) is 0.744. The van der Waals surface area contributed by atoms with Gasteiger partial charge in [-0.2, -0.15) is 5.10 Å². The van der Waals surface area contributed by atoms with Gasteiger partial charge in [0, 0.05) is 13.0 Å². The molecular weight excluding hydrogens is 275 g/mol. The molecule has 1 unspecified atom stereocenters. The second-order valence-electron chi connectivity index (χ2n) is 4.11. The summed E-state index contributed by atoms with van der Waals surface area (Å²) in [5, 5.41) is 5.02. The van der Waals surface area contributed by atoms with E-state index in [0.717, 1.165) is 11.1 Å². The van der Waals surface area contributed by atoms with Crippen molar-refractivity contribution in [1.82, 2.24) is 9.78 Å². The Morgan fingerprint density at radius 1 is 1.62 bits per heavy atom. The van der Waals surface area contributed by atoms with Crippen LogP contribution >= 0.6 is 15.9 Å². The molecule has 2 aromatic rings. The van der Waals surface area contributed by atoms with E-state index in [1.807, 2.05) is 7.05 Å². The molecule has 0 radical (unpaired) electrons. The Bertz CT molecular complexity index is 593. The van der Waals surface area contributed by atoms with Gasteiger partial charge in [0.25, 0.3) is 0 Å². The summed E-state index contributed by atoms with van der Waals surface area (Å²) in [6, 6.07) is 1.41. The van der Waals surface area contributed by atoms with Crippen LogP contribution in [-0.2, 0) is 7.05 Å². The topological polar surface area (TPSA) is 27.1 Å². The summed E-state index contributed by atoms with van der Waals surface area (Å²) < 4.78 is 21.8. The van der Waals surface area contributed by atoms with Crippen LogP contribution in [0.25, 0.3) is 10.9 Å². The van der Waals surface area contributed by atoms with Crippen molar-refractivity contribution in [3.8, 4) is 5.75 Å². The van der Waals surface area contributed by atoms with E-state index in [2.05, 4.69) is 28.0 Å². The third-order valence-corrected chi connectivity index (χ3v) is 3.55. The van der Waals surface area contributed by atoms with Crippen molar-refractivity contribution < 1.29 is 9.13 Å². The van der Waals surface area contributed by atoms with Gasteiger partial charge in [-0.05, 0) is 22.0 Å². The number of nitrogens with zero attached hydrogens (tertiary/aromatic N) is 2. The number of aryl methyl sites for hydroxylation is 1. The van der Waals surface area contributed by atoms with Crippen molar-refractivity contribution in [3.63, 3.8) is 0 Å². The van der Waals surface area contributed by atoms with Crippen LogP contribution in [0.4, 0.5) is 4.39 Å². The second kappa shape index (κ2) is 3.20. The summed E-state index contributed by atoms with van der Waals surface area (Å²) >= 11 is 3.32. The maximum atomic E-state index is 13.7. The Morgan fingerprint density at radius 3 is 3.12 bits per heavy atom. The molecule has 3 nitrogen and oxygen atoms in total. The third-order valence-electron chi connectivity index (χ3n) is 2.96. The van der Waals surface area contributed by atoms with Crippen molar-refractivity contribution >= 4 is 26.8 Å². The molecule has 16 heavy (non-hydrogen) atoms. The van der Waals surface area contributed by atoms with E-state index >= 15 is 0 Å². The maximum absolute atomic E-state index is 13.7. The molecule has 5 heteroatoms. The van der Waals surface area contributed by atoms with Gasteiger partial charge >= 0.3 is 0 Å². The molecule has 0 fully saturated rings. The second-order valence-corrected chi connectivity index (χ2v) is 4.97. The molecule has 0 amide bonds. The average Bonchev–Trinajstić information content (AvgIpc) is 2.56. The van der Waals surface area contributed by atoms with Crippen LogP contribution in [0, 0.1) is 5.82 Å². The Kier molecular flexibility index (Phi) is 2.01. The van der Waals surface area contributed by atoms with Gasteiger partial charge in [0.2, 0.25) is 0 Å². The van der Waals surface area contributed by atoms with E-state index < -0.39 is 0 Å². The summed E-state index contributed by atoms with van der Waals surface area (Å²) in [4.78, 5) is 0. The van der Waals surface area contributed by atoms with E-state index in [0.29, 0.717) is 22.3 Å². The smallest absolute Gasteiger partial charge is 0.152 e. The van der Waals surface area contributed by atoms with Gasteiger partial charge in [-0.3, -0.25) is 4.68 Å². The molecule has 0 spiro atoms. The highest BCUT2D eigenvalue weighted by molar-refractivity contribution is 9.10. The minimum absolute atomic E-state index is 0.233. The van der Waals surface area contributed by atoms with Crippen molar-refractivity contribution in [2.75, 3.05) is 6.61 Å². The maximum Gasteiger partial charge on any atom is 0.152 e. The van der Waals surface area contributed by atoms with Crippen LogP contribution in [0.3, 0.4) is 0 Å². The third kappa shape index (κ3) is 1.15. The van der Waals surface area contributed by atoms with Crippen LogP contribution in [0.1, 0.15) is 18.5 Å². The van der Waals surface area contributed by atoms with Gasteiger partial charge in [-0.15, -0.1) is 0 Å². The summed E-state index contributed by atoms with van der Waals surface area (Å²) in [6.07, 6.45) is 0. The lowest BCUT2D eigenvalue weighted by Crippen LogP contribution is -2.15. The first-order valence-corrected chi connectivity index (χ1v) is 5.86. The molecule has 2 heterocycles. The summed E-state index contributed by atoms with van der Waals surface area (Å²) in [5.74, 6) is 0.624. The number of benzene rings is 1. The molecule has 0 saturated heterocycles. The lowest BCUT2D eigenvalue weighted by Gasteiger charge is -2.21. The van der Waals surface area contributed by atoms with Crippen LogP contribution in [-0.4, -0.2) is 16.4 Å². The van der Waals surface area contributed by atoms with Gasteiger partial charge < -0.3 is 4.74 Å². The predicted octanol–water partition coefficient (Wildman–Crippen LogP) is 2.97. The highest BCUT2D eigenvalue weighted by Gasteiger charge is 2.27. The molecular formula is C11H10BrFN2O. The molecule has 0 saturated carbocycles. The molecule has 0 aliphatic carbocycles. The van der Waals surface area contributed by atoms with Crippen LogP contribution in [0.15, 0.2) is 10.5 Å². The summed E-state index contributed by atoms with van der Waals surface area (Å²) in [5.41, 5.74) is 1.43. The van der Waals surface area contributed by atoms with E-state index in [1.165, 1.54) is 6.07 Å². The SMILES string of the molecule is CC1COc2c(Br)cc(F)c3nn(C)c1c23. The molecule has 3 rings (SSSR count). The number of hydrogen-bond donors (Lipinski definition) is 0. The zero-order valence-corrected chi connectivity index (χ0v) is 10.5. The van der Waals surface area contributed by atoms with Crippen molar-refractivity contribution in [2.45, 2.75) is 12.8 Å². The highest BCUT2D eigenvalue weighted by atomic mass is 79.9. The fraction of sp³-hybridized carbons (Fsp3) is 0.364. The fourth-order valence-electron chi connectivity index (χ4n) is 2.29. The Labute approximate surface area is 100 Å². The average molecular weight is 285 g/mol. The Morgan fingerprint density at radius 2 is 2.38 bits per heavy atom. The van der Waals surface area contributed by atoms with Crippen molar-refractivity contribution in [2.24, 2.45) is 7.05 Å². The number of halogens is 2. The number of ether oxygens (including phenoxy) is 1. The molecule has 1 aliphatic heterocycles. The largest absolute Gasteiger partial charge is 0.491 e. The minimum atomic E-state index is -0.315. The molecule has 1 aliphatic rings. The van der Waals surface area contributed by atoms with E-state index in [4.69, 9.17) is 4.74 Å². The van der Waals surface area contributed by atoms with Gasteiger partial charge in [-0.25, -0.2) is 4.39 Å². The standard InChI is InChI=1S/C11H10BrFN2O/c1-5-4-16-11-6(12)3-7(13)9-8(11)10(5)15(2)14-9/h3,5H,4H2,1-2H3. The number of rotatable bonds is 0. The Hall–Kier alpha value is -1.10. The first-order chi connectivity index (χ1) is 7.59. The Balaban J connectivity index is 2.52. The van der Waals surface area contributed by atoms with Gasteiger partial charge in [0.15, 0.2) is 5.82 Å². The molecule has 84 valence electrons. The van der Waals surface area contributed by atoms with Crippen molar-refractivity contribution in [1.29, 1.82) is 0 Å². The molecule has 1 aromatic carbocycles. The van der Waals surface area contributed by atoms with Gasteiger partial charge in [0.1, 0.15) is 11.3 Å². The van der Waals surface area contributed by atoms with Gasteiger partial charge in [-0.1, -0.05) is 6.92 Å². The molecule has 0 bridgehead atoms. The fourth-order valence-corrected chi connectivity index (χ4v) is 2.80. The van der Waals surface area contributed by atoms with E-state index in [-0.39, 0.29) is 11.7 Å². The van der Waals surface area contributed by atoms with Gasteiger partial charge in [0.05, 0.1) is 22.2 Å². The number of hydrogen-bond acceptors (Lipinski definition) is 2. The first kappa shape index (κ1) is 10.1. The first-order valence-electron chi connectivity index (χ1n) is 5.07. The highest BCUT2D eigenvalue weighted by Crippen LogP contribution is 2.42. The minimum Gasteiger partial charge on any atom is -0.491 e. The van der Waals surface area contributed by atoms with Crippen LogP contribution < -0.4 is 4.74 Å². The summed E-state index contributed by atoms with van der Waals surface area (Å²) in [7, 11) is 1.84. The summed E-state index contributed by atoms with van der Waals surface area (Å²) in [6.45, 7) is 2.66. The zero-order valence-electron chi connectivity index (χ0n) is 8.92. The van der Waals surface area contributed by atoms with E-state index in [9.17, 15) is 4.39 Å². The molecule has 1 atom stereocenters. The van der Waals surface area contributed by atoms with Crippen molar-refractivity contribution in [3.05, 3.63) is 22.1 Å².